The number of nitrogens with zero attached hydrogens (tertiary/aromatic N) is 1. The average molecular weight is 343 g/mol. The van der Waals surface area contributed by atoms with Crippen molar-refractivity contribution in [2.45, 2.75) is 13.0 Å². The van der Waals surface area contributed by atoms with Crippen LogP contribution in [0.5, 0.6) is 0 Å². The monoisotopic (exact) mass is 342 g/mol. The molecule has 1 aromatic rings. The van der Waals surface area contributed by atoms with Crippen molar-refractivity contribution in [1.29, 1.82) is 0 Å². The molecule has 1 unspecified atom stereocenters. The number of hydrogen-bond acceptors (Lipinski definition) is 3. The number of carboxylic acids is 1. The second-order valence-corrected chi connectivity index (χ2v) is 5.46. The first-order valence-electron chi connectivity index (χ1n) is 6.17. The summed E-state index contributed by atoms with van der Waals surface area (Å²) in [5.74, 6) is -1.09. The molecule has 0 spiro atoms. The molecule has 2 rings (SSSR count). The van der Waals surface area contributed by atoms with E-state index in [9.17, 15) is 9.59 Å². The lowest BCUT2D eigenvalue weighted by Crippen LogP contribution is -2.49. The van der Waals surface area contributed by atoms with Crippen LogP contribution in [0.25, 0.3) is 0 Å². The number of amides is 2. The van der Waals surface area contributed by atoms with Crippen LogP contribution in [0.2, 0.25) is 0 Å². The number of anilines is 1. The molecule has 0 radical (unpaired) electrons. The van der Waals surface area contributed by atoms with E-state index in [1.807, 2.05) is 6.92 Å². The lowest BCUT2D eigenvalue weighted by atomic mass is 10.2. The van der Waals surface area contributed by atoms with Gasteiger partial charge >= 0.3 is 12.0 Å². The largest absolute Gasteiger partial charge is 0.478 e. The summed E-state index contributed by atoms with van der Waals surface area (Å²) in [5, 5.41) is 11.8. The summed E-state index contributed by atoms with van der Waals surface area (Å²) in [7, 11) is 0. The highest BCUT2D eigenvalue weighted by Crippen LogP contribution is 2.22. The molecule has 0 saturated carbocycles. The predicted octanol–water partition coefficient (Wildman–Crippen LogP) is 2.40. The number of rotatable bonds is 2. The van der Waals surface area contributed by atoms with Crippen LogP contribution in [0, 0.1) is 0 Å². The zero-order valence-corrected chi connectivity index (χ0v) is 12.5. The zero-order valence-electron chi connectivity index (χ0n) is 10.9. The molecular weight excluding hydrogens is 328 g/mol. The van der Waals surface area contributed by atoms with Gasteiger partial charge in [0.25, 0.3) is 0 Å². The van der Waals surface area contributed by atoms with Crippen LogP contribution in [-0.2, 0) is 4.74 Å². The maximum Gasteiger partial charge on any atom is 0.337 e. The minimum Gasteiger partial charge on any atom is -0.478 e. The van der Waals surface area contributed by atoms with E-state index in [0.29, 0.717) is 24.2 Å². The Morgan fingerprint density at radius 3 is 2.90 bits per heavy atom. The van der Waals surface area contributed by atoms with Gasteiger partial charge in [-0.2, -0.15) is 0 Å². The number of halogens is 1. The number of carbonyl (C=O) groups is 2. The fourth-order valence-electron chi connectivity index (χ4n) is 2.02. The van der Waals surface area contributed by atoms with Crippen LogP contribution >= 0.6 is 15.9 Å². The van der Waals surface area contributed by atoms with E-state index in [1.165, 1.54) is 6.07 Å². The van der Waals surface area contributed by atoms with E-state index < -0.39 is 5.97 Å². The van der Waals surface area contributed by atoms with E-state index in [4.69, 9.17) is 9.84 Å². The summed E-state index contributed by atoms with van der Waals surface area (Å²) in [5.41, 5.74) is 0.332. The number of carboxylic acid groups (broad SMARTS) is 1. The minimum atomic E-state index is -1.09. The topological polar surface area (TPSA) is 78.9 Å². The van der Waals surface area contributed by atoms with Gasteiger partial charge in [-0.25, -0.2) is 9.59 Å². The highest BCUT2D eigenvalue weighted by Gasteiger charge is 2.24. The second kappa shape index (κ2) is 6.23. The van der Waals surface area contributed by atoms with E-state index in [1.54, 1.807) is 17.0 Å². The highest BCUT2D eigenvalue weighted by molar-refractivity contribution is 9.10. The van der Waals surface area contributed by atoms with Crippen molar-refractivity contribution >= 4 is 33.6 Å². The number of ether oxygens (including phenoxy) is 1. The van der Waals surface area contributed by atoms with Gasteiger partial charge in [0, 0.05) is 11.0 Å². The van der Waals surface area contributed by atoms with Crippen molar-refractivity contribution < 1.29 is 19.4 Å². The molecule has 1 atom stereocenters. The normalized spacial score (nSPS) is 18.7. The van der Waals surface area contributed by atoms with Gasteiger partial charge in [0.05, 0.1) is 30.5 Å². The highest BCUT2D eigenvalue weighted by atomic mass is 79.9. The molecule has 108 valence electrons. The van der Waals surface area contributed by atoms with Crippen LogP contribution in [0.1, 0.15) is 17.3 Å². The number of nitrogens with one attached hydrogen (secondary N) is 1. The first kappa shape index (κ1) is 14.8. The van der Waals surface area contributed by atoms with Gasteiger partial charge in [0.15, 0.2) is 0 Å². The third-order valence-corrected chi connectivity index (χ3v) is 3.58. The number of benzene rings is 1. The van der Waals surface area contributed by atoms with Crippen molar-refractivity contribution in [1.82, 2.24) is 4.90 Å². The maximum atomic E-state index is 12.2. The molecule has 2 N–H and O–H groups in total. The van der Waals surface area contributed by atoms with Crippen molar-refractivity contribution in [3.63, 3.8) is 0 Å². The third kappa shape index (κ3) is 3.29. The summed E-state index contributed by atoms with van der Waals surface area (Å²) < 4.78 is 5.91. The summed E-state index contributed by atoms with van der Waals surface area (Å²) >= 11 is 3.21. The smallest absolute Gasteiger partial charge is 0.337 e. The van der Waals surface area contributed by atoms with Crippen molar-refractivity contribution in [3.05, 3.63) is 28.2 Å². The van der Waals surface area contributed by atoms with Crippen LogP contribution in [0.3, 0.4) is 0 Å². The Morgan fingerprint density at radius 2 is 2.25 bits per heavy atom. The average Bonchev–Trinajstić information content (AvgIpc) is 2.41. The lowest BCUT2D eigenvalue weighted by molar-refractivity contribution is 0.0221. The first-order chi connectivity index (χ1) is 9.49. The second-order valence-electron chi connectivity index (χ2n) is 4.54. The summed E-state index contributed by atoms with van der Waals surface area (Å²) in [6.45, 7) is 3.35. The van der Waals surface area contributed by atoms with Gasteiger partial charge < -0.3 is 20.1 Å². The predicted molar refractivity (Wildman–Crippen MR) is 77.1 cm³/mol. The third-order valence-electron chi connectivity index (χ3n) is 3.08. The minimum absolute atomic E-state index is 0.0347. The number of morpholine rings is 1. The Bertz CT molecular complexity index is 535. The standard InChI is InChI=1S/C13H15BrN2O4/c1-8-7-20-5-4-16(8)13(19)15-11-3-2-9(14)6-10(11)12(17)18/h2-3,6,8H,4-5,7H2,1H3,(H,15,19)(H,17,18). The van der Waals surface area contributed by atoms with Crippen LogP contribution < -0.4 is 5.32 Å². The van der Waals surface area contributed by atoms with Crippen molar-refractivity contribution in [2.75, 3.05) is 25.1 Å². The number of carbonyl (C=O) groups excluding carboxylic acids is 1. The van der Waals surface area contributed by atoms with Crippen molar-refractivity contribution in [3.8, 4) is 0 Å². The van der Waals surface area contributed by atoms with Crippen LogP contribution in [0.4, 0.5) is 10.5 Å². The molecule has 0 aliphatic carbocycles. The molecule has 7 heteroatoms. The summed E-state index contributed by atoms with van der Waals surface area (Å²) in [6.07, 6.45) is 0. The van der Waals surface area contributed by atoms with Gasteiger partial charge in [-0.15, -0.1) is 0 Å². The fourth-order valence-corrected chi connectivity index (χ4v) is 2.38. The summed E-state index contributed by atoms with van der Waals surface area (Å²) in [4.78, 5) is 25.0. The molecule has 1 fully saturated rings. The van der Waals surface area contributed by atoms with Crippen LogP contribution in [-0.4, -0.2) is 47.8 Å². The Kier molecular flexibility index (Phi) is 4.61. The lowest BCUT2D eigenvalue weighted by Gasteiger charge is -2.33. The van der Waals surface area contributed by atoms with E-state index in [2.05, 4.69) is 21.2 Å². The van der Waals surface area contributed by atoms with Gasteiger partial charge in [0.1, 0.15) is 0 Å². The molecule has 1 aliphatic heterocycles. The number of aromatic carboxylic acids is 1. The molecule has 0 aromatic heterocycles. The Hall–Kier alpha value is -1.60. The quantitative estimate of drug-likeness (QED) is 0.864. The van der Waals surface area contributed by atoms with Gasteiger partial charge in [-0.3, -0.25) is 0 Å². The SMILES string of the molecule is CC1COCCN1C(=O)Nc1ccc(Br)cc1C(=O)O. The molecule has 1 aliphatic rings. The van der Waals surface area contributed by atoms with Crippen LogP contribution in [0.15, 0.2) is 22.7 Å². The van der Waals surface area contributed by atoms with E-state index >= 15 is 0 Å². The fraction of sp³-hybridized carbons (Fsp3) is 0.385. The molecule has 1 aromatic carbocycles. The summed E-state index contributed by atoms with van der Waals surface area (Å²) in [6, 6.07) is 4.36. The van der Waals surface area contributed by atoms with Gasteiger partial charge in [-0.05, 0) is 25.1 Å². The first-order valence-corrected chi connectivity index (χ1v) is 6.96. The zero-order chi connectivity index (χ0) is 14.7. The molecule has 6 nitrogen and oxygen atoms in total. The maximum absolute atomic E-state index is 12.2. The molecule has 2 amide bonds. The molecule has 20 heavy (non-hydrogen) atoms. The molecular formula is C13H15BrN2O4. The number of urea groups is 1. The van der Waals surface area contributed by atoms with Crippen molar-refractivity contribution in [2.24, 2.45) is 0 Å². The van der Waals surface area contributed by atoms with Gasteiger partial charge in [0.2, 0.25) is 0 Å². The molecule has 0 bridgehead atoms. The molecule has 1 heterocycles. The molecule has 1 saturated heterocycles. The Morgan fingerprint density at radius 1 is 1.50 bits per heavy atom. The van der Waals surface area contributed by atoms with E-state index in [0.717, 1.165) is 0 Å². The Labute approximate surface area is 124 Å². The van der Waals surface area contributed by atoms with Gasteiger partial charge in [-0.1, -0.05) is 15.9 Å². The van der Waals surface area contributed by atoms with E-state index in [-0.39, 0.29) is 23.3 Å². The number of hydrogen-bond donors (Lipinski definition) is 2. The Balaban J connectivity index is 2.17.